The van der Waals surface area contributed by atoms with Crippen LogP contribution in [-0.2, 0) is 14.3 Å². The molecule has 0 aromatic rings. The Morgan fingerprint density at radius 2 is 2.00 bits per heavy atom. The van der Waals surface area contributed by atoms with Crippen LogP contribution < -0.4 is 0 Å². The van der Waals surface area contributed by atoms with E-state index in [0.717, 1.165) is 0 Å². The largest absolute Gasteiger partial charge is 0.276 e. The van der Waals surface area contributed by atoms with Crippen LogP contribution in [0.4, 0.5) is 0 Å². The van der Waals surface area contributed by atoms with E-state index in [1.807, 2.05) is 13.8 Å². The summed E-state index contributed by atoms with van der Waals surface area (Å²) in [5.74, 6) is 0.231. The molecule has 0 aliphatic rings. The minimum atomic E-state index is -3.35. The molecule has 5 heteroatoms. The summed E-state index contributed by atoms with van der Waals surface area (Å²) in [4.78, 5) is 0. The van der Waals surface area contributed by atoms with E-state index in [2.05, 4.69) is 16.8 Å². The van der Waals surface area contributed by atoms with E-state index in [1.54, 1.807) is 0 Å². The van der Waals surface area contributed by atoms with Crippen molar-refractivity contribution in [2.24, 2.45) is 5.92 Å². The second kappa shape index (κ2) is 4.20. The molecule has 0 unspecified atom stereocenters. The van der Waals surface area contributed by atoms with E-state index >= 15 is 0 Å². The van der Waals surface area contributed by atoms with Crippen molar-refractivity contribution in [3.63, 3.8) is 0 Å². The predicted molar refractivity (Wildman–Crippen MR) is 43.6 cm³/mol. The lowest BCUT2D eigenvalue weighted by Gasteiger charge is -2.04. The van der Waals surface area contributed by atoms with Crippen LogP contribution in [0.2, 0.25) is 0 Å². The minimum absolute atomic E-state index is 0.231. The van der Waals surface area contributed by atoms with Gasteiger partial charge in [0.1, 0.15) is 5.08 Å². The molecule has 0 N–H and O–H groups in total. The maximum atomic E-state index is 10.6. The molecule has 0 fully saturated rings. The molecular formula is C5H12O3S2. The number of rotatable bonds is 4. The highest BCUT2D eigenvalue weighted by Crippen LogP contribution is 2.00. The molecule has 0 aliphatic carbocycles. The Bertz CT molecular complexity index is 171. The van der Waals surface area contributed by atoms with Gasteiger partial charge in [0.15, 0.2) is 0 Å². The summed E-state index contributed by atoms with van der Waals surface area (Å²) in [7, 11) is -3.35. The van der Waals surface area contributed by atoms with Gasteiger partial charge >= 0.3 is 0 Å². The molecule has 3 nitrogen and oxygen atoms in total. The molecule has 10 heavy (non-hydrogen) atoms. The Kier molecular flexibility index (Phi) is 4.31. The number of thiol groups is 1. The highest BCUT2D eigenvalue weighted by atomic mass is 32.3. The van der Waals surface area contributed by atoms with Crippen LogP contribution in [0.25, 0.3) is 0 Å². The van der Waals surface area contributed by atoms with E-state index in [4.69, 9.17) is 0 Å². The van der Waals surface area contributed by atoms with E-state index in [1.165, 1.54) is 0 Å². The van der Waals surface area contributed by atoms with Gasteiger partial charge in [-0.25, -0.2) is 0 Å². The zero-order valence-electron chi connectivity index (χ0n) is 6.07. The Labute approximate surface area is 67.3 Å². The monoisotopic (exact) mass is 184 g/mol. The smallest absolute Gasteiger partial charge is 0.269 e. The third-order valence-electron chi connectivity index (χ3n) is 0.739. The summed E-state index contributed by atoms with van der Waals surface area (Å²) in [6.07, 6.45) is 0. The predicted octanol–water partition coefficient (Wildman–Crippen LogP) is 0.876. The van der Waals surface area contributed by atoms with Gasteiger partial charge in [0.2, 0.25) is 0 Å². The van der Waals surface area contributed by atoms with Gasteiger partial charge in [-0.05, 0) is 5.92 Å². The van der Waals surface area contributed by atoms with Crippen molar-refractivity contribution in [1.82, 2.24) is 0 Å². The molecule has 0 spiro atoms. The lowest BCUT2D eigenvalue weighted by Crippen LogP contribution is -2.11. The molecule has 0 heterocycles. The molecule has 0 saturated carbocycles. The second-order valence-corrected chi connectivity index (χ2v) is 4.75. The van der Waals surface area contributed by atoms with Crippen LogP contribution >= 0.6 is 12.6 Å². The maximum Gasteiger partial charge on any atom is 0.276 e. The van der Waals surface area contributed by atoms with Gasteiger partial charge in [-0.15, -0.1) is 0 Å². The maximum absolute atomic E-state index is 10.6. The first-order chi connectivity index (χ1) is 4.48. The summed E-state index contributed by atoms with van der Waals surface area (Å²) < 4.78 is 25.7. The van der Waals surface area contributed by atoms with E-state index in [9.17, 15) is 8.42 Å². The van der Waals surface area contributed by atoms with Crippen LogP contribution in [0.1, 0.15) is 13.8 Å². The molecule has 0 rings (SSSR count). The molecule has 0 aliphatic heterocycles. The molecule has 0 amide bonds. The number of hydrogen-bond donors (Lipinski definition) is 1. The molecule has 0 bridgehead atoms. The van der Waals surface area contributed by atoms with E-state index < -0.39 is 10.1 Å². The Balaban J connectivity index is 3.70. The topological polar surface area (TPSA) is 43.4 Å². The van der Waals surface area contributed by atoms with Gasteiger partial charge in [0.25, 0.3) is 10.1 Å². The Morgan fingerprint density at radius 3 is 2.30 bits per heavy atom. The fraction of sp³-hybridized carbons (Fsp3) is 1.00. The van der Waals surface area contributed by atoms with Gasteiger partial charge in [0, 0.05) is 0 Å². The number of hydrogen-bond acceptors (Lipinski definition) is 4. The lowest BCUT2D eigenvalue weighted by atomic mass is 10.2. The summed E-state index contributed by atoms with van der Waals surface area (Å²) >= 11 is 3.59. The van der Waals surface area contributed by atoms with Crippen molar-refractivity contribution in [3.05, 3.63) is 0 Å². The van der Waals surface area contributed by atoms with Crippen LogP contribution in [0, 0.1) is 5.92 Å². The Morgan fingerprint density at radius 1 is 1.50 bits per heavy atom. The minimum Gasteiger partial charge on any atom is -0.269 e. The average Bonchev–Trinajstić information content (AvgIpc) is 1.85. The third kappa shape index (κ3) is 5.08. The molecule has 62 valence electrons. The van der Waals surface area contributed by atoms with Gasteiger partial charge < -0.3 is 0 Å². The quantitative estimate of drug-likeness (QED) is 0.521. The zero-order chi connectivity index (χ0) is 8.20. The van der Waals surface area contributed by atoms with Crippen molar-refractivity contribution in [3.8, 4) is 0 Å². The molecule has 0 atom stereocenters. The van der Waals surface area contributed by atoms with Crippen LogP contribution in [0.3, 0.4) is 0 Å². The molecule has 0 aromatic heterocycles. The lowest BCUT2D eigenvalue weighted by molar-refractivity contribution is 0.277. The standard InChI is InChI=1S/C5H12O3S2/c1-5(2)3-8-10(6,7)4-9/h5,9H,3-4H2,1-2H3. The van der Waals surface area contributed by atoms with Crippen molar-refractivity contribution >= 4 is 22.7 Å². The van der Waals surface area contributed by atoms with Gasteiger partial charge in [-0.3, -0.25) is 4.18 Å². The third-order valence-corrected chi connectivity index (χ3v) is 2.50. The fourth-order valence-electron chi connectivity index (χ4n) is 0.277. The first-order valence-electron chi connectivity index (χ1n) is 2.96. The van der Waals surface area contributed by atoms with Crippen molar-refractivity contribution < 1.29 is 12.6 Å². The van der Waals surface area contributed by atoms with Gasteiger partial charge in [-0.1, -0.05) is 13.8 Å². The van der Waals surface area contributed by atoms with Crippen molar-refractivity contribution in [2.45, 2.75) is 13.8 Å². The van der Waals surface area contributed by atoms with Gasteiger partial charge in [0.05, 0.1) is 6.61 Å². The van der Waals surface area contributed by atoms with Crippen LogP contribution in [-0.4, -0.2) is 20.1 Å². The van der Waals surface area contributed by atoms with Crippen LogP contribution in [0.5, 0.6) is 0 Å². The average molecular weight is 184 g/mol. The summed E-state index contributed by atoms with van der Waals surface area (Å²) in [5.41, 5.74) is 0. The van der Waals surface area contributed by atoms with E-state index in [0.29, 0.717) is 0 Å². The van der Waals surface area contributed by atoms with Crippen molar-refractivity contribution in [2.75, 3.05) is 11.7 Å². The zero-order valence-corrected chi connectivity index (χ0v) is 7.78. The summed E-state index contributed by atoms with van der Waals surface area (Å²) in [5, 5.41) is -0.250. The molecule has 0 aromatic carbocycles. The van der Waals surface area contributed by atoms with Gasteiger partial charge in [-0.2, -0.15) is 21.0 Å². The normalized spacial score (nSPS) is 12.4. The fourth-order valence-corrected chi connectivity index (χ4v) is 1.05. The molecular weight excluding hydrogens is 172 g/mol. The molecule has 0 saturated heterocycles. The summed E-state index contributed by atoms with van der Waals surface area (Å²) in [6.45, 7) is 4.00. The Hall–Kier alpha value is 0.260. The van der Waals surface area contributed by atoms with Crippen LogP contribution in [0.15, 0.2) is 0 Å². The van der Waals surface area contributed by atoms with Crippen molar-refractivity contribution in [1.29, 1.82) is 0 Å². The first kappa shape index (κ1) is 10.3. The summed E-state index contributed by atoms with van der Waals surface area (Å²) in [6, 6.07) is 0. The SMILES string of the molecule is CC(C)COS(=O)(=O)CS. The highest BCUT2D eigenvalue weighted by molar-refractivity contribution is 8.01. The second-order valence-electron chi connectivity index (χ2n) is 2.37. The first-order valence-corrected chi connectivity index (χ1v) is 5.17. The van der Waals surface area contributed by atoms with E-state index in [-0.39, 0.29) is 17.6 Å². The molecule has 0 radical (unpaired) electrons. The highest BCUT2D eigenvalue weighted by Gasteiger charge is 2.07.